The predicted octanol–water partition coefficient (Wildman–Crippen LogP) is 5.02. The number of piperidine rings is 1. The van der Waals surface area contributed by atoms with Gasteiger partial charge in [-0.3, -0.25) is 14.2 Å². The summed E-state index contributed by atoms with van der Waals surface area (Å²) in [5.41, 5.74) is 3.20. The zero-order valence-corrected chi connectivity index (χ0v) is 19.9. The molecule has 1 aromatic heterocycles. The predicted molar refractivity (Wildman–Crippen MR) is 135 cm³/mol. The fraction of sp³-hybridized carbons (Fsp3) is 0.393. The zero-order valence-electron chi connectivity index (χ0n) is 19.9. The average molecular weight is 446 g/mol. The molecule has 5 heteroatoms. The van der Waals surface area contributed by atoms with Crippen molar-refractivity contribution in [2.24, 2.45) is 5.92 Å². The molecular formula is C28H35N3O2. The van der Waals surface area contributed by atoms with Crippen molar-refractivity contribution in [1.29, 1.82) is 0 Å². The van der Waals surface area contributed by atoms with Gasteiger partial charge >= 0.3 is 0 Å². The number of aromatic nitrogens is 2. The van der Waals surface area contributed by atoms with E-state index in [0.717, 1.165) is 44.3 Å². The molecule has 5 nitrogen and oxygen atoms in total. The van der Waals surface area contributed by atoms with E-state index in [1.54, 1.807) is 17.0 Å². The summed E-state index contributed by atoms with van der Waals surface area (Å²) in [4.78, 5) is 31.9. The van der Waals surface area contributed by atoms with Crippen LogP contribution in [0, 0.1) is 5.92 Å². The standard InChI is InChI=1S/C25H29N3O2.C3H6/c1-2-19-8-10-22-23(16-19)26-18-28(25(22)30)17-21-12-14-27(15-13-21)24(29)11-9-20-6-4-3-5-7-20;1-3-2/h3-8,10,16,18,21H,2,9,11-15,17H2,1H3;3H,1H2,2H3. The summed E-state index contributed by atoms with van der Waals surface area (Å²) in [6.07, 6.45) is 7.57. The molecule has 0 aliphatic carbocycles. The zero-order chi connectivity index (χ0) is 23.6. The van der Waals surface area contributed by atoms with Gasteiger partial charge in [-0.15, -0.1) is 6.58 Å². The first-order valence-corrected chi connectivity index (χ1v) is 11.9. The topological polar surface area (TPSA) is 55.2 Å². The average Bonchev–Trinajstić information content (AvgIpc) is 2.85. The van der Waals surface area contributed by atoms with E-state index in [1.807, 2.05) is 48.2 Å². The molecule has 2 aromatic carbocycles. The number of allylic oxidation sites excluding steroid dienone is 1. The Morgan fingerprint density at radius 3 is 2.48 bits per heavy atom. The molecule has 0 radical (unpaired) electrons. The second-order valence-corrected chi connectivity index (χ2v) is 8.63. The van der Waals surface area contributed by atoms with Crippen LogP contribution in [0.3, 0.4) is 0 Å². The summed E-state index contributed by atoms with van der Waals surface area (Å²) in [7, 11) is 0. The van der Waals surface area contributed by atoms with E-state index in [-0.39, 0.29) is 11.5 Å². The van der Waals surface area contributed by atoms with Crippen molar-refractivity contribution in [1.82, 2.24) is 14.5 Å². The summed E-state index contributed by atoms with van der Waals surface area (Å²) in [6.45, 7) is 9.56. The normalized spacial score (nSPS) is 13.9. The van der Waals surface area contributed by atoms with E-state index in [9.17, 15) is 9.59 Å². The van der Waals surface area contributed by atoms with Gasteiger partial charge in [0.05, 0.1) is 17.2 Å². The van der Waals surface area contributed by atoms with Crippen molar-refractivity contribution in [2.45, 2.75) is 52.5 Å². The van der Waals surface area contributed by atoms with Crippen molar-refractivity contribution in [2.75, 3.05) is 13.1 Å². The van der Waals surface area contributed by atoms with E-state index in [2.05, 4.69) is 30.6 Å². The number of likely N-dealkylation sites (tertiary alicyclic amines) is 1. The van der Waals surface area contributed by atoms with Gasteiger partial charge in [0, 0.05) is 26.1 Å². The lowest BCUT2D eigenvalue weighted by Gasteiger charge is -2.32. The van der Waals surface area contributed by atoms with Crippen LogP contribution in [0.5, 0.6) is 0 Å². The molecule has 3 aromatic rings. The van der Waals surface area contributed by atoms with Crippen LogP contribution in [0.2, 0.25) is 0 Å². The first-order valence-electron chi connectivity index (χ1n) is 11.9. The van der Waals surface area contributed by atoms with Gasteiger partial charge in [0.25, 0.3) is 5.56 Å². The van der Waals surface area contributed by atoms with E-state index < -0.39 is 0 Å². The van der Waals surface area contributed by atoms with E-state index >= 15 is 0 Å². The summed E-state index contributed by atoms with van der Waals surface area (Å²) >= 11 is 0. The molecule has 0 atom stereocenters. The highest BCUT2D eigenvalue weighted by atomic mass is 16.2. The largest absolute Gasteiger partial charge is 0.343 e. The summed E-state index contributed by atoms with van der Waals surface area (Å²) < 4.78 is 1.74. The van der Waals surface area contributed by atoms with Crippen LogP contribution >= 0.6 is 0 Å². The molecule has 174 valence electrons. The number of nitrogens with zero attached hydrogens (tertiary/aromatic N) is 3. The lowest BCUT2D eigenvalue weighted by Crippen LogP contribution is -2.40. The number of carbonyl (C=O) groups is 1. The van der Waals surface area contributed by atoms with Crippen molar-refractivity contribution in [3.05, 3.63) is 89.0 Å². The van der Waals surface area contributed by atoms with Crippen LogP contribution in [-0.2, 0) is 24.2 Å². The van der Waals surface area contributed by atoms with Gasteiger partial charge in [0.15, 0.2) is 0 Å². The fourth-order valence-electron chi connectivity index (χ4n) is 4.25. The third kappa shape index (κ3) is 6.64. The highest BCUT2D eigenvalue weighted by Gasteiger charge is 2.23. The number of hydrogen-bond acceptors (Lipinski definition) is 3. The van der Waals surface area contributed by atoms with Crippen LogP contribution in [0.1, 0.15) is 44.2 Å². The minimum atomic E-state index is 0.0315. The second-order valence-electron chi connectivity index (χ2n) is 8.63. The number of benzene rings is 2. The van der Waals surface area contributed by atoms with Gasteiger partial charge in [0.2, 0.25) is 5.91 Å². The Kier molecular flexibility index (Phi) is 8.99. The molecule has 1 amide bonds. The minimum absolute atomic E-state index is 0.0315. The molecular weight excluding hydrogens is 410 g/mol. The van der Waals surface area contributed by atoms with Gasteiger partial charge in [-0.2, -0.15) is 0 Å². The minimum Gasteiger partial charge on any atom is -0.343 e. The number of aryl methyl sites for hydroxylation is 2. The van der Waals surface area contributed by atoms with Crippen LogP contribution < -0.4 is 5.56 Å². The highest BCUT2D eigenvalue weighted by Crippen LogP contribution is 2.20. The number of hydrogen-bond donors (Lipinski definition) is 0. The van der Waals surface area contributed by atoms with Gasteiger partial charge < -0.3 is 4.90 Å². The fourth-order valence-corrected chi connectivity index (χ4v) is 4.25. The van der Waals surface area contributed by atoms with E-state index in [0.29, 0.717) is 24.3 Å². The molecule has 1 fully saturated rings. The van der Waals surface area contributed by atoms with Gasteiger partial charge in [-0.25, -0.2) is 4.98 Å². The molecule has 0 bridgehead atoms. The maximum atomic E-state index is 12.9. The number of carbonyl (C=O) groups excluding carboxylic acids is 1. The lowest BCUT2D eigenvalue weighted by atomic mass is 9.96. The Hall–Kier alpha value is -3.21. The first-order chi connectivity index (χ1) is 16.0. The van der Waals surface area contributed by atoms with Crippen LogP contribution in [0.25, 0.3) is 10.9 Å². The highest BCUT2D eigenvalue weighted by molar-refractivity contribution is 5.78. The van der Waals surface area contributed by atoms with Gasteiger partial charge in [-0.1, -0.05) is 49.4 Å². The molecule has 2 heterocycles. The Bertz CT molecular complexity index is 1110. The van der Waals surface area contributed by atoms with E-state index in [4.69, 9.17) is 0 Å². The number of rotatable bonds is 6. The lowest BCUT2D eigenvalue weighted by molar-refractivity contribution is -0.132. The molecule has 1 saturated heterocycles. The summed E-state index contributed by atoms with van der Waals surface area (Å²) in [5, 5.41) is 0.684. The Morgan fingerprint density at radius 1 is 1.12 bits per heavy atom. The van der Waals surface area contributed by atoms with Crippen molar-refractivity contribution >= 4 is 16.8 Å². The molecule has 0 unspecified atom stereocenters. The smallest absolute Gasteiger partial charge is 0.261 e. The molecule has 33 heavy (non-hydrogen) atoms. The Balaban J connectivity index is 0.000000968. The number of amides is 1. The molecule has 0 N–H and O–H groups in total. The number of fused-ring (bicyclic) bond motifs is 1. The second kappa shape index (κ2) is 12.1. The van der Waals surface area contributed by atoms with Crippen LogP contribution in [0.15, 0.2) is 72.3 Å². The van der Waals surface area contributed by atoms with Gasteiger partial charge in [-0.05, 0) is 61.8 Å². The molecule has 4 rings (SSSR count). The maximum Gasteiger partial charge on any atom is 0.261 e. The van der Waals surface area contributed by atoms with Gasteiger partial charge in [0.1, 0.15) is 0 Å². The Labute approximate surface area is 196 Å². The third-order valence-corrected chi connectivity index (χ3v) is 6.19. The first kappa shape index (κ1) is 24.4. The molecule has 0 saturated carbocycles. The quantitative estimate of drug-likeness (QED) is 0.501. The maximum absolute atomic E-state index is 12.9. The van der Waals surface area contributed by atoms with Crippen molar-refractivity contribution < 1.29 is 4.79 Å². The molecule has 1 aliphatic rings. The van der Waals surface area contributed by atoms with Crippen LogP contribution in [-0.4, -0.2) is 33.4 Å². The van der Waals surface area contributed by atoms with Crippen LogP contribution in [0.4, 0.5) is 0 Å². The molecule has 0 spiro atoms. The molecule has 1 aliphatic heterocycles. The van der Waals surface area contributed by atoms with E-state index in [1.165, 1.54) is 11.1 Å². The summed E-state index contributed by atoms with van der Waals surface area (Å²) in [6, 6.07) is 16.1. The third-order valence-electron chi connectivity index (χ3n) is 6.19. The summed E-state index contributed by atoms with van der Waals surface area (Å²) in [5.74, 6) is 0.628. The SMILES string of the molecule is C=CC.CCc1ccc2c(=O)n(CC3CCN(C(=O)CCc4ccccc4)CC3)cnc2c1. The Morgan fingerprint density at radius 2 is 1.82 bits per heavy atom. The van der Waals surface area contributed by atoms with Crippen molar-refractivity contribution in [3.63, 3.8) is 0 Å². The monoisotopic (exact) mass is 445 g/mol. The van der Waals surface area contributed by atoms with Crippen molar-refractivity contribution in [3.8, 4) is 0 Å².